The third-order valence-corrected chi connectivity index (χ3v) is 2.64. The Hall–Kier alpha value is -1.39. The minimum absolute atomic E-state index is 0.0564. The molecular weight excluding hydrogens is 216 g/mol. The minimum atomic E-state index is -1.02. The molecule has 4 heteroatoms. The topological polar surface area (TPSA) is 64.3 Å². The third-order valence-electron chi connectivity index (χ3n) is 2.64. The highest BCUT2D eigenvalue weighted by Gasteiger charge is 2.30. The summed E-state index contributed by atoms with van der Waals surface area (Å²) in [5.74, 6) is -0.201. The standard InChI is InChI=1S/C13H20N2O2/c1-10(9-17-3)15-12(16)13(2,14)11-7-5-4-6-8-11/h4-8,10H,9,14H2,1-3H3,(H,15,16). The summed E-state index contributed by atoms with van der Waals surface area (Å²) in [4.78, 5) is 12.1. The van der Waals surface area contributed by atoms with Crippen molar-refractivity contribution >= 4 is 5.91 Å². The normalized spacial score (nSPS) is 16.0. The molecule has 4 nitrogen and oxygen atoms in total. The third kappa shape index (κ3) is 3.54. The van der Waals surface area contributed by atoms with Gasteiger partial charge in [-0.3, -0.25) is 4.79 Å². The minimum Gasteiger partial charge on any atom is -0.383 e. The SMILES string of the molecule is COCC(C)NC(=O)C(C)(N)c1ccccc1. The Labute approximate surface area is 102 Å². The summed E-state index contributed by atoms with van der Waals surface area (Å²) in [5.41, 5.74) is 5.84. The summed E-state index contributed by atoms with van der Waals surface area (Å²) in [5, 5.41) is 2.83. The molecule has 1 aromatic carbocycles. The van der Waals surface area contributed by atoms with Crippen LogP contribution in [0.25, 0.3) is 0 Å². The molecule has 1 rings (SSSR count). The van der Waals surface area contributed by atoms with E-state index in [0.717, 1.165) is 5.56 Å². The molecule has 2 atom stereocenters. The predicted octanol–water partition coefficient (Wildman–Crippen LogP) is 1.01. The van der Waals surface area contributed by atoms with Crippen LogP contribution < -0.4 is 11.1 Å². The van der Waals surface area contributed by atoms with Crippen LogP contribution in [0.5, 0.6) is 0 Å². The van der Waals surface area contributed by atoms with E-state index in [-0.39, 0.29) is 11.9 Å². The second kappa shape index (κ2) is 5.80. The number of nitrogens with two attached hydrogens (primary N) is 1. The quantitative estimate of drug-likeness (QED) is 0.802. The molecule has 0 saturated carbocycles. The first-order valence-corrected chi connectivity index (χ1v) is 5.62. The van der Waals surface area contributed by atoms with Crippen molar-refractivity contribution in [3.8, 4) is 0 Å². The zero-order chi connectivity index (χ0) is 12.9. The zero-order valence-corrected chi connectivity index (χ0v) is 10.6. The lowest BCUT2D eigenvalue weighted by Gasteiger charge is -2.26. The van der Waals surface area contributed by atoms with E-state index in [0.29, 0.717) is 6.61 Å². The Kier molecular flexibility index (Phi) is 4.66. The van der Waals surface area contributed by atoms with E-state index in [1.54, 1.807) is 14.0 Å². The smallest absolute Gasteiger partial charge is 0.244 e. The Morgan fingerprint density at radius 2 is 2.06 bits per heavy atom. The van der Waals surface area contributed by atoms with E-state index in [4.69, 9.17) is 10.5 Å². The number of amides is 1. The Balaban J connectivity index is 2.74. The van der Waals surface area contributed by atoms with Gasteiger partial charge in [0.05, 0.1) is 6.61 Å². The van der Waals surface area contributed by atoms with Gasteiger partial charge >= 0.3 is 0 Å². The van der Waals surface area contributed by atoms with Crippen LogP contribution in [0, 0.1) is 0 Å². The van der Waals surface area contributed by atoms with Crippen LogP contribution in [0.2, 0.25) is 0 Å². The Bertz CT molecular complexity index is 363. The first kappa shape index (κ1) is 13.7. The molecule has 17 heavy (non-hydrogen) atoms. The first-order chi connectivity index (χ1) is 7.98. The number of ether oxygens (including phenoxy) is 1. The summed E-state index contributed by atoms with van der Waals surface area (Å²) in [6.07, 6.45) is 0. The van der Waals surface area contributed by atoms with Gasteiger partial charge in [0.2, 0.25) is 5.91 Å². The van der Waals surface area contributed by atoms with Gasteiger partial charge in [-0.2, -0.15) is 0 Å². The molecule has 0 aliphatic heterocycles. The van der Waals surface area contributed by atoms with Crippen molar-refractivity contribution in [1.82, 2.24) is 5.32 Å². The summed E-state index contributed by atoms with van der Waals surface area (Å²) in [6.45, 7) is 4.05. The molecule has 0 aliphatic carbocycles. The van der Waals surface area contributed by atoms with Crippen molar-refractivity contribution in [1.29, 1.82) is 0 Å². The van der Waals surface area contributed by atoms with Crippen LogP contribution in [-0.2, 0) is 15.1 Å². The fourth-order valence-corrected chi connectivity index (χ4v) is 1.58. The largest absolute Gasteiger partial charge is 0.383 e. The van der Waals surface area contributed by atoms with Gasteiger partial charge in [0.15, 0.2) is 0 Å². The van der Waals surface area contributed by atoms with E-state index in [9.17, 15) is 4.79 Å². The maximum absolute atomic E-state index is 12.1. The van der Waals surface area contributed by atoms with E-state index < -0.39 is 5.54 Å². The van der Waals surface area contributed by atoms with Gasteiger partial charge < -0.3 is 15.8 Å². The maximum atomic E-state index is 12.1. The van der Waals surface area contributed by atoms with Crippen molar-refractivity contribution in [3.05, 3.63) is 35.9 Å². The molecule has 0 aliphatic rings. The van der Waals surface area contributed by atoms with Crippen molar-refractivity contribution in [2.24, 2.45) is 5.73 Å². The molecule has 0 bridgehead atoms. The first-order valence-electron chi connectivity index (χ1n) is 5.62. The predicted molar refractivity (Wildman–Crippen MR) is 67.5 cm³/mol. The van der Waals surface area contributed by atoms with Crippen molar-refractivity contribution < 1.29 is 9.53 Å². The van der Waals surface area contributed by atoms with Gasteiger partial charge in [-0.05, 0) is 19.4 Å². The average molecular weight is 236 g/mol. The average Bonchev–Trinajstić information content (AvgIpc) is 2.30. The van der Waals surface area contributed by atoms with Gasteiger partial charge in [0.1, 0.15) is 5.54 Å². The number of nitrogens with one attached hydrogen (secondary N) is 1. The summed E-state index contributed by atoms with van der Waals surface area (Å²) >= 11 is 0. The molecule has 2 unspecified atom stereocenters. The second-order valence-corrected chi connectivity index (χ2v) is 4.40. The van der Waals surface area contributed by atoms with Gasteiger partial charge in [0.25, 0.3) is 0 Å². The van der Waals surface area contributed by atoms with Crippen molar-refractivity contribution in [2.45, 2.75) is 25.4 Å². The molecule has 1 amide bonds. The highest BCUT2D eigenvalue weighted by molar-refractivity contribution is 5.87. The Morgan fingerprint density at radius 3 is 2.59 bits per heavy atom. The molecule has 94 valence electrons. The highest BCUT2D eigenvalue weighted by Crippen LogP contribution is 2.17. The number of methoxy groups -OCH3 is 1. The number of carbonyl (C=O) groups is 1. The fourth-order valence-electron chi connectivity index (χ4n) is 1.58. The monoisotopic (exact) mass is 236 g/mol. The number of rotatable bonds is 5. The lowest BCUT2D eigenvalue weighted by Crippen LogP contribution is -2.52. The van der Waals surface area contributed by atoms with Crippen molar-refractivity contribution in [2.75, 3.05) is 13.7 Å². The zero-order valence-electron chi connectivity index (χ0n) is 10.6. The molecule has 3 N–H and O–H groups in total. The van der Waals surface area contributed by atoms with Gasteiger partial charge in [-0.15, -0.1) is 0 Å². The van der Waals surface area contributed by atoms with Crippen LogP contribution in [0.3, 0.4) is 0 Å². The lowest BCUT2D eigenvalue weighted by atomic mass is 9.92. The van der Waals surface area contributed by atoms with Crippen LogP contribution in [0.4, 0.5) is 0 Å². The maximum Gasteiger partial charge on any atom is 0.244 e. The number of benzene rings is 1. The number of hydrogen-bond donors (Lipinski definition) is 2. The molecular formula is C13H20N2O2. The molecule has 0 spiro atoms. The fraction of sp³-hybridized carbons (Fsp3) is 0.462. The molecule has 0 aromatic heterocycles. The van der Waals surface area contributed by atoms with E-state index in [1.165, 1.54) is 0 Å². The van der Waals surface area contributed by atoms with Gasteiger partial charge in [0, 0.05) is 13.2 Å². The van der Waals surface area contributed by atoms with Crippen LogP contribution >= 0.6 is 0 Å². The molecule has 0 fully saturated rings. The van der Waals surface area contributed by atoms with Gasteiger partial charge in [-0.25, -0.2) is 0 Å². The van der Waals surface area contributed by atoms with Crippen LogP contribution in [-0.4, -0.2) is 25.7 Å². The number of carbonyl (C=O) groups excluding carboxylic acids is 1. The summed E-state index contributed by atoms with van der Waals surface area (Å²) < 4.78 is 4.97. The molecule has 0 radical (unpaired) electrons. The van der Waals surface area contributed by atoms with E-state index >= 15 is 0 Å². The van der Waals surface area contributed by atoms with Crippen molar-refractivity contribution in [3.63, 3.8) is 0 Å². The van der Waals surface area contributed by atoms with Crippen LogP contribution in [0.1, 0.15) is 19.4 Å². The van der Waals surface area contributed by atoms with Gasteiger partial charge in [-0.1, -0.05) is 30.3 Å². The summed E-state index contributed by atoms with van der Waals surface area (Å²) in [7, 11) is 1.60. The molecule has 0 heterocycles. The highest BCUT2D eigenvalue weighted by atomic mass is 16.5. The number of hydrogen-bond acceptors (Lipinski definition) is 3. The van der Waals surface area contributed by atoms with E-state index in [1.807, 2.05) is 37.3 Å². The lowest BCUT2D eigenvalue weighted by molar-refractivity contribution is -0.127. The second-order valence-electron chi connectivity index (χ2n) is 4.40. The summed E-state index contributed by atoms with van der Waals surface area (Å²) in [6, 6.07) is 9.27. The van der Waals surface area contributed by atoms with Crippen LogP contribution in [0.15, 0.2) is 30.3 Å². The molecule has 1 aromatic rings. The molecule has 0 saturated heterocycles. The van der Waals surface area contributed by atoms with E-state index in [2.05, 4.69) is 5.32 Å². The Morgan fingerprint density at radius 1 is 1.47 bits per heavy atom.